The number of carbonyl (C=O) groups is 1. The van der Waals surface area contributed by atoms with Crippen LogP contribution in [0.5, 0.6) is 0 Å². The van der Waals surface area contributed by atoms with Crippen LogP contribution in [-0.2, 0) is 0 Å². The van der Waals surface area contributed by atoms with Crippen molar-refractivity contribution >= 4 is 11.5 Å². The van der Waals surface area contributed by atoms with Gasteiger partial charge in [-0.15, -0.1) is 0 Å². The fraction of sp³-hybridized carbons (Fsp3) is 0.222. The SMILES string of the molecule is CN=NNc1ccccc1C(C)=O. The van der Waals surface area contributed by atoms with Crippen molar-refractivity contribution in [3.8, 4) is 0 Å². The Morgan fingerprint density at radius 2 is 2.08 bits per heavy atom. The smallest absolute Gasteiger partial charge is 0.161 e. The van der Waals surface area contributed by atoms with Crippen molar-refractivity contribution in [3.63, 3.8) is 0 Å². The molecule has 4 nitrogen and oxygen atoms in total. The van der Waals surface area contributed by atoms with Crippen molar-refractivity contribution < 1.29 is 4.79 Å². The van der Waals surface area contributed by atoms with Gasteiger partial charge in [0.05, 0.1) is 12.7 Å². The first-order chi connectivity index (χ1) is 6.25. The Bertz CT molecular complexity index is 333. The van der Waals surface area contributed by atoms with Gasteiger partial charge in [0.2, 0.25) is 0 Å². The third kappa shape index (κ3) is 2.37. The molecule has 0 unspecified atom stereocenters. The van der Waals surface area contributed by atoms with E-state index in [-0.39, 0.29) is 5.78 Å². The van der Waals surface area contributed by atoms with E-state index >= 15 is 0 Å². The molecular formula is C9H11N3O. The van der Waals surface area contributed by atoms with Gasteiger partial charge in [0.1, 0.15) is 0 Å². The molecule has 68 valence electrons. The molecule has 1 N–H and O–H groups in total. The molecule has 0 heterocycles. The first-order valence-electron chi connectivity index (χ1n) is 3.90. The molecule has 0 atom stereocenters. The van der Waals surface area contributed by atoms with Gasteiger partial charge in [-0.2, -0.15) is 5.11 Å². The zero-order valence-electron chi connectivity index (χ0n) is 7.61. The molecule has 0 radical (unpaired) electrons. The molecule has 0 aliphatic rings. The Kier molecular flexibility index (Phi) is 3.14. The summed E-state index contributed by atoms with van der Waals surface area (Å²) in [5, 5.41) is 7.14. The fourth-order valence-electron chi connectivity index (χ4n) is 0.991. The van der Waals surface area contributed by atoms with Crippen molar-refractivity contribution in [2.24, 2.45) is 10.3 Å². The minimum absolute atomic E-state index is 0.00871. The van der Waals surface area contributed by atoms with Gasteiger partial charge in [0.25, 0.3) is 0 Å². The highest BCUT2D eigenvalue weighted by atomic mass is 16.1. The molecule has 4 heteroatoms. The summed E-state index contributed by atoms with van der Waals surface area (Å²) in [5.74, 6) is 0.00871. The molecule has 1 aromatic rings. The number of para-hydroxylation sites is 1. The average molecular weight is 177 g/mol. The first kappa shape index (κ1) is 9.38. The third-order valence-electron chi connectivity index (χ3n) is 1.58. The maximum Gasteiger partial charge on any atom is 0.161 e. The molecule has 0 spiro atoms. The summed E-state index contributed by atoms with van der Waals surface area (Å²) in [7, 11) is 1.56. The van der Waals surface area contributed by atoms with Crippen molar-refractivity contribution in [2.75, 3.05) is 12.5 Å². The minimum atomic E-state index is 0.00871. The number of hydrogen-bond donors (Lipinski definition) is 1. The van der Waals surface area contributed by atoms with E-state index < -0.39 is 0 Å². The van der Waals surface area contributed by atoms with Gasteiger partial charge < -0.3 is 0 Å². The predicted octanol–water partition coefficient (Wildman–Crippen LogP) is 2.30. The predicted molar refractivity (Wildman–Crippen MR) is 50.8 cm³/mol. The molecule has 0 saturated carbocycles. The number of Topliss-reactive ketones (excluding diaryl/α,β-unsaturated/α-hetero) is 1. The number of nitrogens with zero attached hydrogens (tertiary/aromatic N) is 2. The normalized spacial score (nSPS) is 10.3. The van der Waals surface area contributed by atoms with Crippen LogP contribution >= 0.6 is 0 Å². The van der Waals surface area contributed by atoms with E-state index in [9.17, 15) is 4.79 Å². The monoisotopic (exact) mass is 177 g/mol. The lowest BCUT2D eigenvalue weighted by atomic mass is 10.1. The van der Waals surface area contributed by atoms with Crippen molar-refractivity contribution in [3.05, 3.63) is 29.8 Å². The van der Waals surface area contributed by atoms with Crippen molar-refractivity contribution in [1.82, 2.24) is 0 Å². The second-order valence-electron chi connectivity index (χ2n) is 2.51. The lowest BCUT2D eigenvalue weighted by Crippen LogP contribution is -1.98. The Balaban J connectivity index is 2.97. The van der Waals surface area contributed by atoms with Crippen molar-refractivity contribution in [2.45, 2.75) is 6.92 Å². The second kappa shape index (κ2) is 4.35. The molecule has 0 saturated heterocycles. The van der Waals surface area contributed by atoms with Gasteiger partial charge >= 0.3 is 0 Å². The molecule has 1 rings (SSSR count). The average Bonchev–Trinajstić information content (AvgIpc) is 2.15. The van der Waals surface area contributed by atoms with Crippen molar-refractivity contribution in [1.29, 1.82) is 0 Å². The minimum Gasteiger partial charge on any atom is -0.294 e. The van der Waals surface area contributed by atoms with E-state index in [0.29, 0.717) is 11.3 Å². The highest BCUT2D eigenvalue weighted by Crippen LogP contribution is 2.15. The number of carbonyl (C=O) groups excluding carboxylic acids is 1. The molecule has 0 aromatic heterocycles. The van der Waals surface area contributed by atoms with E-state index in [0.717, 1.165) is 0 Å². The summed E-state index contributed by atoms with van der Waals surface area (Å²) in [4.78, 5) is 11.1. The van der Waals surface area contributed by atoms with Crippen LogP contribution < -0.4 is 5.43 Å². The Morgan fingerprint density at radius 1 is 1.38 bits per heavy atom. The molecule has 0 bridgehead atoms. The summed E-state index contributed by atoms with van der Waals surface area (Å²) in [6.45, 7) is 1.52. The highest BCUT2D eigenvalue weighted by molar-refractivity contribution is 5.99. The molecule has 1 aromatic carbocycles. The molecular weight excluding hydrogens is 166 g/mol. The quantitative estimate of drug-likeness (QED) is 0.437. The summed E-state index contributed by atoms with van der Waals surface area (Å²) in [6.07, 6.45) is 0. The molecule has 0 aliphatic carbocycles. The van der Waals surface area contributed by atoms with Crippen LogP contribution in [0.2, 0.25) is 0 Å². The molecule has 0 amide bonds. The summed E-state index contributed by atoms with van der Waals surface area (Å²) < 4.78 is 0. The van der Waals surface area contributed by atoms with E-state index in [1.165, 1.54) is 6.92 Å². The molecule has 13 heavy (non-hydrogen) atoms. The van der Waals surface area contributed by atoms with Gasteiger partial charge in [0, 0.05) is 5.56 Å². The highest BCUT2D eigenvalue weighted by Gasteiger charge is 2.04. The Hall–Kier alpha value is -1.71. The standard InChI is InChI=1S/C9H11N3O/c1-7(13)8-5-3-4-6-9(8)11-12-10-2/h3-6H,1-2H3,(H,10,11). The number of nitrogens with one attached hydrogen (secondary N) is 1. The van der Waals surface area contributed by atoms with Crippen LogP contribution in [0.3, 0.4) is 0 Å². The van der Waals surface area contributed by atoms with Gasteiger partial charge in [-0.05, 0) is 19.1 Å². The van der Waals surface area contributed by atoms with E-state index in [1.807, 2.05) is 12.1 Å². The lowest BCUT2D eigenvalue weighted by Gasteiger charge is -2.03. The van der Waals surface area contributed by atoms with Gasteiger partial charge in [0.15, 0.2) is 5.78 Å². The van der Waals surface area contributed by atoms with Gasteiger partial charge in [-0.25, -0.2) is 0 Å². The summed E-state index contributed by atoms with van der Waals surface area (Å²) >= 11 is 0. The van der Waals surface area contributed by atoms with Crippen LogP contribution in [-0.4, -0.2) is 12.8 Å². The van der Waals surface area contributed by atoms with Gasteiger partial charge in [-0.3, -0.25) is 10.2 Å². The van der Waals surface area contributed by atoms with Crippen LogP contribution in [0.25, 0.3) is 0 Å². The first-order valence-corrected chi connectivity index (χ1v) is 3.90. The number of rotatable bonds is 3. The topological polar surface area (TPSA) is 53.8 Å². The second-order valence-corrected chi connectivity index (χ2v) is 2.51. The summed E-state index contributed by atoms with van der Waals surface area (Å²) in [6, 6.07) is 7.17. The zero-order valence-corrected chi connectivity index (χ0v) is 7.61. The maximum atomic E-state index is 11.1. The number of hydrogen-bond acceptors (Lipinski definition) is 3. The zero-order chi connectivity index (χ0) is 9.68. The Labute approximate surface area is 76.7 Å². The van der Waals surface area contributed by atoms with E-state index in [2.05, 4.69) is 15.8 Å². The van der Waals surface area contributed by atoms with Crippen LogP contribution in [0.1, 0.15) is 17.3 Å². The third-order valence-corrected chi connectivity index (χ3v) is 1.58. The summed E-state index contributed by atoms with van der Waals surface area (Å²) in [5.41, 5.74) is 3.98. The maximum absolute atomic E-state index is 11.1. The van der Waals surface area contributed by atoms with Crippen LogP contribution in [0.4, 0.5) is 5.69 Å². The van der Waals surface area contributed by atoms with E-state index in [1.54, 1.807) is 19.2 Å². The Morgan fingerprint density at radius 3 is 2.69 bits per heavy atom. The lowest BCUT2D eigenvalue weighted by molar-refractivity contribution is 0.101. The number of anilines is 1. The number of ketones is 1. The molecule has 0 fully saturated rings. The molecule has 0 aliphatic heterocycles. The largest absolute Gasteiger partial charge is 0.294 e. The van der Waals surface area contributed by atoms with Crippen LogP contribution in [0, 0.1) is 0 Å². The van der Waals surface area contributed by atoms with Gasteiger partial charge in [-0.1, -0.05) is 17.4 Å². The van der Waals surface area contributed by atoms with Crippen LogP contribution in [0.15, 0.2) is 34.6 Å². The van der Waals surface area contributed by atoms with E-state index in [4.69, 9.17) is 0 Å². The number of benzene rings is 1. The fourth-order valence-corrected chi connectivity index (χ4v) is 0.991.